The zero-order valence-electron chi connectivity index (χ0n) is 10.0. The van der Waals surface area contributed by atoms with Crippen LogP contribution in [0, 0.1) is 0 Å². The van der Waals surface area contributed by atoms with Crippen molar-refractivity contribution in [2.45, 2.75) is 24.9 Å². The van der Waals surface area contributed by atoms with E-state index in [0.717, 1.165) is 6.26 Å². The van der Waals surface area contributed by atoms with Gasteiger partial charge >= 0.3 is 12.1 Å². The highest BCUT2D eigenvalue weighted by Gasteiger charge is 2.39. The van der Waals surface area contributed by atoms with Gasteiger partial charge in [0.25, 0.3) is 0 Å². The molecule has 1 aliphatic rings. The summed E-state index contributed by atoms with van der Waals surface area (Å²) < 4.78 is 65.6. The summed E-state index contributed by atoms with van der Waals surface area (Å²) in [7, 11) is -3.37. The standard InChI is InChI=1S/C9H12F3N3O3S/c1-19(16,17)15-4-2-3-6(5-15)7-13-14-8(18-7)9(10,11)12/h6H,2-5H2,1H3. The van der Waals surface area contributed by atoms with E-state index in [1.165, 1.54) is 4.31 Å². The summed E-state index contributed by atoms with van der Waals surface area (Å²) in [6.07, 6.45) is -2.56. The highest BCUT2D eigenvalue weighted by Crippen LogP contribution is 2.32. The highest BCUT2D eigenvalue weighted by atomic mass is 32.2. The van der Waals surface area contributed by atoms with E-state index in [1.807, 2.05) is 0 Å². The molecule has 19 heavy (non-hydrogen) atoms. The van der Waals surface area contributed by atoms with Crippen LogP contribution in [0.5, 0.6) is 0 Å². The van der Waals surface area contributed by atoms with Crippen LogP contribution in [0.4, 0.5) is 13.2 Å². The van der Waals surface area contributed by atoms with E-state index in [-0.39, 0.29) is 12.4 Å². The number of alkyl halides is 3. The van der Waals surface area contributed by atoms with Crippen molar-refractivity contribution in [3.8, 4) is 0 Å². The van der Waals surface area contributed by atoms with E-state index in [4.69, 9.17) is 0 Å². The van der Waals surface area contributed by atoms with Crippen LogP contribution in [-0.4, -0.2) is 42.3 Å². The second-order valence-electron chi connectivity index (χ2n) is 4.40. The number of aromatic nitrogens is 2. The molecule has 0 radical (unpaired) electrons. The average Bonchev–Trinajstić information content (AvgIpc) is 2.77. The minimum absolute atomic E-state index is 0.0678. The number of hydrogen-bond acceptors (Lipinski definition) is 5. The van der Waals surface area contributed by atoms with E-state index in [9.17, 15) is 21.6 Å². The molecule has 1 aromatic rings. The maximum Gasteiger partial charge on any atom is 0.470 e. The van der Waals surface area contributed by atoms with Crippen LogP contribution >= 0.6 is 0 Å². The van der Waals surface area contributed by atoms with Gasteiger partial charge in [-0.3, -0.25) is 0 Å². The molecule has 1 saturated heterocycles. The van der Waals surface area contributed by atoms with Crippen molar-refractivity contribution in [2.75, 3.05) is 19.3 Å². The number of hydrogen-bond donors (Lipinski definition) is 0. The first-order valence-corrected chi connectivity index (χ1v) is 7.38. The number of rotatable bonds is 2. The molecule has 0 aromatic carbocycles. The number of nitrogens with zero attached hydrogens (tertiary/aromatic N) is 3. The fourth-order valence-corrected chi connectivity index (χ4v) is 2.87. The lowest BCUT2D eigenvalue weighted by Crippen LogP contribution is -2.38. The molecule has 1 aromatic heterocycles. The maximum absolute atomic E-state index is 12.3. The first kappa shape index (κ1) is 14.3. The minimum atomic E-state index is -4.68. The van der Waals surface area contributed by atoms with E-state index in [1.54, 1.807) is 0 Å². The quantitative estimate of drug-likeness (QED) is 0.821. The summed E-state index contributed by atoms with van der Waals surface area (Å²) >= 11 is 0. The molecule has 1 fully saturated rings. The third-order valence-corrected chi connectivity index (χ3v) is 4.16. The summed E-state index contributed by atoms with van der Waals surface area (Å²) in [6, 6.07) is 0. The second-order valence-corrected chi connectivity index (χ2v) is 6.39. The van der Waals surface area contributed by atoms with Gasteiger partial charge in [0.05, 0.1) is 12.2 Å². The summed E-state index contributed by atoms with van der Waals surface area (Å²) in [4.78, 5) is 0. The molecule has 6 nitrogen and oxygen atoms in total. The smallest absolute Gasteiger partial charge is 0.417 e. The molecule has 0 saturated carbocycles. The largest absolute Gasteiger partial charge is 0.470 e. The van der Waals surface area contributed by atoms with E-state index in [2.05, 4.69) is 14.6 Å². The summed E-state index contributed by atoms with van der Waals surface area (Å²) in [6.45, 7) is 0.425. The Kier molecular flexibility index (Phi) is 3.56. The molecule has 1 aliphatic heterocycles. The fourth-order valence-electron chi connectivity index (χ4n) is 1.96. The van der Waals surface area contributed by atoms with Crippen molar-refractivity contribution in [1.82, 2.24) is 14.5 Å². The van der Waals surface area contributed by atoms with Gasteiger partial charge in [-0.1, -0.05) is 0 Å². The second kappa shape index (κ2) is 4.75. The first-order chi connectivity index (χ1) is 8.68. The van der Waals surface area contributed by atoms with Gasteiger partial charge < -0.3 is 4.42 Å². The fraction of sp³-hybridized carbons (Fsp3) is 0.778. The molecular formula is C9H12F3N3O3S. The molecule has 0 spiro atoms. The molecule has 0 amide bonds. The first-order valence-electron chi connectivity index (χ1n) is 5.53. The zero-order valence-corrected chi connectivity index (χ0v) is 10.8. The Morgan fingerprint density at radius 1 is 1.37 bits per heavy atom. The Labute approximate surface area is 107 Å². The van der Waals surface area contributed by atoms with Crippen LogP contribution in [0.15, 0.2) is 4.42 Å². The van der Waals surface area contributed by atoms with Gasteiger partial charge in [0.15, 0.2) is 0 Å². The number of piperidine rings is 1. The topological polar surface area (TPSA) is 76.3 Å². The molecule has 2 heterocycles. The molecule has 0 N–H and O–H groups in total. The van der Waals surface area contributed by atoms with Crippen LogP contribution in [0.25, 0.3) is 0 Å². The molecule has 1 unspecified atom stereocenters. The van der Waals surface area contributed by atoms with Crippen molar-refractivity contribution in [3.05, 3.63) is 11.8 Å². The van der Waals surface area contributed by atoms with Crippen LogP contribution in [0.2, 0.25) is 0 Å². The highest BCUT2D eigenvalue weighted by molar-refractivity contribution is 7.88. The predicted molar refractivity (Wildman–Crippen MR) is 57.7 cm³/mol. The number of sulfonamides is 1. The van der Waals surface area contributed by atoms with Gasteiger partial charge in [-0.15, -0.1) is 10.2 Å². The Balaban J connectivity index is 2.16. The zero-order chi connectivity index (χ0) is 14.3. The molecule has 108 valence electrons. The summed E-state index contributed by atoms with van der Waals surface area (Å²) in [5.41, 5.74) is 0. The molecule has 1 atom stereocenters. The van der Waals surface area contributed by atoms with E-state index in [0.29, 0.717) is 19.4 Å². The average molecular weight is 299 g/mol. The summed E-state index contributed by atoms with van der Waals surface area (Å²) in [5, 5.41) is 6.30. The third-order valence-electron chi connectivity index (χ3n) is 2.89. The summed E-state index contributed by atoms with van der Waals surface area (Å²) in [5.74, 6) is -2.06. The van der Waals surface area contributed by atoms with Crippen molar-refractivity contribution < 1.29 is 26.0 Å². The van der Waals surface area contributed by atoms with Crippen LogP contribution in [0.3, 0.4) is 0 Å². The van der Waals surface area contributed by atoms with Crippen molar-refractivity contribution in [1.29, 1.82) is 0 Å². The van der Waals surface area contributed by atoms with E-state index < -0.39 is 28.0 Å². The van der Waals surface area contributed by atoms with Gasteiger partial charge in [0.1, 0.15) is 0 Å². The SMILES string of the molecule is CS(=O)(=O)N1CCCC(c2nnc(C(F)(F)F)o2)C1. The van der Waals surface area contributed by atoms with Crippen molar-refractivity contribution in [3.63, 3.8) is 0 Å². The molecular weight excluding hydrogens is 287 g/mol. The van der Waals surface area contributed by atoms with E-state index >= 15 is 0 Å². The Hall–Kier alpha value is -1.16. The predicted octanol–water partition coefficient (Wildman–Crippen LogP) is 1.23. The molecule has 10 heteroatoms. The minimum Gasteiger partial charge on any atom is -0.417 e. The van der Waals surface area contributed by atoms with Crippen molar-refractivity contribution >= 4 is 10.0 Å². The Morgan fingerprint density at radius 3 is 2.58 bits per heavy atom. The van der Waals surface area contributed by atoms with Crippen LogP contribution in [-0.2, 0) is 16.2 Å². The lowest BCUT2D eigenvalue weighted by molar-refractivity contribution is -0.157. The normalized spacial score (nSPS) is 22.6. The third kappa shape index (κ3) is 3.24. The van der Waals surface area contributed by atoms with Gasteiger partial charge in [-0.25, -0.2) is 12.7 Å². The molecule has 0 bridgehead atoms. The lowest BCUT2D eigenvalue weighted by atomic mass is 10.00. The van der Waals surface area contributed by atoms with Crippen molar-refractivity contribution in [2.24, 2.45) is 0 Å². The lowest BCUT2D eigenvalue weighted by Gasteiger charge is -2.28. The maximum atomic E-state index is 12.3. The van der Waals surface area contributed by atoms with Gasteiger partial charge in [-0.2, -0.15) is 13.2 Å². The van der Waals surface area contributed by atoms with Gasteiger partial charge in [-0.05, 0) is 12.8 Å². The Bertz CT molecular complexity index is 555. The molecule has 0 aliphatic carbocycles. The number of halogens is 3. The van der Waals surface area contributed by atoms with Gasteiger partial charge in [0.2, 0.25) is 15.9 Å². The monoisotopic (exact) mass is 299 g/mol. The molecule has 2 rings (SSSR count). The van der Waals surface area contributed by atoms with Gasteiger partial charge in [0, 0.05) is 13.1 Å². The Morgan fingerprint density at radius 2 is 2.05 bits per heavy atom. The van der Waals surface area contributed by atoms with Crippen LogP contribution in [0.1, 0.15) is 30.5 Å². The van der Waals surface area contributed by atoms with Crippen LogP contribution < -0.4 is 0 Å².